The van der Waals surface area contributed by atoms with Crippen LogP contribution >= 0.6 is 0 Å². The topological polar surface area (TPSA) is 71.5 Å². The molecular formula is C16H20F3N3O3. The van der Waals surface area contributed by atoms with Crippen LogP contribution in [0.5, 0.6) is 5.88 Å². The van der Waals surface area contributed by atoms with Gasteiger partial charge in [-0.25, -0.2) is 4.98 Å². The van der Waals surface area contributed by atoms with Gasteiger partial charge >= 0.3 is 6.18 Å². The Morgan fingerprint density at radius 1 is 1.32 bits per heavy atom. The quantitative estimate of drug-likeness (QED) is 0.897. The number of nitrogens with one attached hydrogen (secondary N) is 1. The van der Waals surface area contributed by atoms with E-state index < -0.39 is 30.1 Å². The first-order valence-electron chi connectivity index (χ1n) is 7.79. The number of nitrogens with zero attached hydrogens (tertiary/aromatic N) is 2. The van der Waals surface area contributed by atoms with Gasteiger partial charge < -0.3 is 15.0 Å². The number of hydrogen-bond acceptors (Lipinski definition) is 4. The van der Waals surface area contributed by atoms with Crippen molar-refractivity contribution >= 4 is 11.8 Å². The highest BCUT2D eigenvalue weighted by atomic mass is 19.4. The van der Waals surface area contributed by atoms with E-state index in [2.05, 4.69) is 10.3 Å². The molecule has 1 N–H and O–H groups in total. The third kappa shape index (κ3) is 4.61. The van der Waals surface area contributed by atoms with E-state index in [4.69, 9.17) is 4.74 Å². The third-order valence-corrected chi connectivity index (χ3v) is 4.10. The van der Waals surface area contributed by atoms with Gasteiger partial charge in [0.15, 0.2) is 0 Å². The fourth-order valence-corrected chi connectivity index (χ4v) is 2.92. The lowest BCUT2D eigenvalue weighted by Gasteiger charge is -2.40. The Morgan fingerprint density at radius 2 is 2.00 bits per heavy atom. The number of amides is 2. The highest BCUT2D eigenvalue weighted by molar-refractivity contribution is 5.94. The summed E-state index contributed by atoms with van der Waals surface area (Å²) in [4.78, 5) is 28.8. The molecule has 1 fully saturated rings. The zero-order chi connectivity index (χ0) is 18.8. The van der Waals surface area contributed by atoms with Crippen LogP contribution < -0.4 is 10.1 Å². The monoisotopic (exact) mass is 359 g/mol. The second kappa shape index (κ2) is 7.28. The molecule has 9 heteroatoms. The molecule has 138 valence electrons. The molecule has 2 heterocycles. The molecule has 0 unspecified atom stereocenters. The molecule has 0 aliphatic carbocycles. The molecule has 6 nitrogen and oxygen atoms in total. The Bertz CT molecular complexity index is 664. The number of alkyl halides is 3. The highest BCUT2D eigenvalue weighted by Crippen LogP contribution is 2.32. The maximum Gasteiger partial charge on any atom is 0.408 e. The number of likely N-dealkylation sites (tertiary alicyclic amines) is 1. The van der Waals surface area contributed by atoms with Crippen molar-refractivity contribution in [3.05, 3.63) is 23.4 Å². The van der Waals surface area contributed by atoms with E-state index in [0.717, 1.165) is 11.8 Å². The predicted octanol–water partition coefficient (Wildman–Crippen LogP) is 2.07. The standard InChI is InChI=1S/C16H20F3N3O3/c1-9-6-11(7-14(20-9)25-3)15(24)21-12-4-5-13(16(17,18)19)22(8-12)10(2)23/h6-7,12-13H,4-5,8H2,1-3H3,(H,21,24)/t12-,13-/m0/s1. The Labute approximate surface area is 143 Å². The van der Waals surface area contributed by atoms with Crippen molar-refractivity contribution in [2.45, 2.75) is 44.9 Å². The van der Waals surface area contributed by atoms with Crippen LogP contribution in [0.15, 0.2) is 12.1 Å². The highest BCUT2D eigenvalue weighted by Gasteiger charge is 2.47. The molecule has 1 aromatic rings. The molecule has 25 heavy (non-hydrogen) atoms. The van der Waals surface area contributed by atoms with Crippen molar-refractivity contribution in [3.63, 3.8) is 0 Å². The number of methoxy groups -OCH3 is 1. The molecule has 0 bridgehead atoms. The lowest BCUT2D eigenvalue weighted by molar-refractivity contribution is -0.196. The summed E-state index contributed by atoms with van der Waals surface area (Å²) < 4.78 is 44.1. The van der Waals surface area contributed by atoms with Gasteiger partial charge in [-0.3, -0.25) is 9.59 Å². The van der Waals surface area contributed by atoms with Gasteiger partial charge in [0.1, 0.15) is 6.04 Å². The number of rotatable bonds is 3. The normalized spacial score (nSPS) is 21.0. The molecule has 0 aromatic carbocycles. The van der Waals surface area contributed by atoms with E-state index in [-0.39, 0.29) is 25.3 Å². The first-order valence-corrected chi connectivity index (χ1v) is 7.79. The van der Waals surface area contributed by atoms with Crippen molar-refractivity contribution in [1.29, 1.82) is 0 Å². The largest absolute Gasteiger partial charge is 0.481 e. The second-order valence-corrected chi connectivity index (χ2v) is 6.02. The first kappa shape index (κ1) is 19.0. The number of ether oxygens (including phenoxy) is 1. The molecule has 2 amide bonds. The van der Waals surface area contributed by atoms with Crippen LogP contribution in [0.25, 0.3) is 0 Å². The summed E-state index contributed by atoms with van der Waals surface area (Å²) in [6, 6.07) is 0.657. The minimum Gasteiger partial charge on any atom is -0.481 e. The Balaban J connectivity index is 2.10. The summed E-state index contributed by atoms with van der Waals surface area (Å²) in [6.07, 6.45) is -4.58. The SMILES string of the molecule is COc1cc(C(=O)N[C@H]2CC[C@@H](C(F)(F)F)N(C(C)=O)C2)cc(C)n1. The van der Waals surface area contributed by atoms with Gasteiger partial charge in [0.2, 0.25) is 11.8 Å². The summed E-state index contributed by atoms with van der Waals surface area (Å²) in [5, 5.41) is 2.69. The van der Waals surface area contributed by atoms with Gasteiger partial charge in [-0.2, -0.15) is 13.2 Å². The van der Waals surface area contributed by atoms with Gasteiger partial charge in [-0.15, -0.1) is 0 Å². The van der Waals surface area contributed by atoms with Gasteiger partial charge in [0.05, 0.1) is 7.11 Å². The van der Waals surface area contributed by atoms with Crippen LogP contribution in [0.4, 0.5) is 13.2 Å². The van der Waals surface area contributed by atoms with Crippen LogP contribution in [0, 0.1) is 6.92 Å². The zero-order valence-electron chi connectivity index (χ0n) is 14.2. The fourth-order valence-electron chi connectivity index (χ4n) is 2.92. The molecule has 1 aliphatic heterocycles. The average Bonchev–Trinajstić information content (AvgIpc) is 2.52. The molecule has 2 rings (SSSR count). The van der Waals surface area contributed by atoms with E-state index in [1.165, 1.54) is 13.2 Å². The van der Waals surface area contributed by atoms with Crippen LogP contribution in [0.1, 0.15) is 35.8 Å². The van der Waals surface area contributed by atoms with E-state index in [1.54, 1.807) is 13.0 Å². The number of aromatic nitrogens is 1. The summed E-state index contributed by atoms with van der Waals surface area (Å²) in [6.45, 7) is 2.62. The number of halogens is 3. The molecule has 0 spiro atoms. The molecule has 1 aliphatic rings. The smallest absolute Gasteiger partial charge is 0.408 e. The third-order valence-electron chi connectivity index (χ3n) is 4.10. The summed E-state index contributed by atoms with van der Waals surface area (Å²) in [7, 11) is 1.42. The van der Waals surface area contributed by atoms with E-state index in [0.29, 0.717) is 11.3 Å². The van der Waals surface area contributed by atoms with Gasteiger partial charge in [0, 0.05) is 36.8 Å². The fraction of sp³-hybridized carbons (Fsp3) is 0.562. The number of pyridine rings is 1. The molecule has 0 saturated carbocycles. The van der Waals surface area contributed by atoms with Gasteiger partial charge in [-0.05, 0) is 25.8 Å². The van der Waals surface area contributed by atoms with Gasteiger partial charge in [0.25, 0.3) is 5.91 Å². The Kier molecular flexibility index (Phi) is 5.54. The van der Waals surface area contributed by atoms with Crippen molar-refractivity contribution in [3.8, 4) is 5.88 Å². The molecule has 1 aromatic heterocycles. The number of hydrogen-bond donors (Lipinski definition) is 1. The second-order valence-electron chi connectivity index (χ2n) is 6.02. The molecular weight excluding hydrogens is 339 g/mol. The summed E-state index contributed by atoms with van der Waals surface area (Å²) in [5.74, 6) is -0.832. The minimum atomic E-state index is -4.48. The Morgan fingerprint density at radius 3 is 2.56 bits per heavy atom. The average molecular weight is 359 g/mol. The number of carbonyl (C=O) groups excluding carboxylic acids is 2. The van der Waals surface area contributed by atoms with Crippen LogP contribution in [0.2, 0.25) is 0 Å². The predicted molar refractivity (Wildman–Crippen MR) is 83.2 cm³/mol. The van der Waals surface area contributed by atoms with Crippen molar-refractivity contribution in [2.75, 3.05) is 13.7 Å². The van der Waals surface area contributed by atoms with Crippen LogP contribution in [-0.2, 0) is 4.79 Å². The summed E-state index contributed by atoms with van der Waals surface area (Å²) >= 11 is 0. The van der Waals surface area contributed by atoms with Crippen molar-refractivity contribution < 1.29 is 27.5 Å². The van der Waals surface area contributed by atoms with Crippen molar-refractivity contribution in [1.82, 2.24) is 15.2 Å². The lowest BCUT2D eigenvalue weighted by Crippen LogP contribution is -2.57. The van der Waals surface area contributed by atoms with Crippen LogP contribution in [-0.4, -0.2) is 53.6 Å². The molecule has 0 radical (unpaired) electrons. The number of carbonyl (C=O) groups is 2. The lowest BCUT2D eigenvalue weighted by atomic mass is 9.97. The van der Waals surface area contributed by atoms with Gasteiger partial charge in [-0.1, -0.05) is 0 Å². The number of aryl methyl sites for hydroxylation is 1. The minimum absolute atomic E-state index is 0.140. The van der Waals surface area contributed by atoms with E-state index in [9.17, 15) is 22.8 Å². The first-order chi connectivity index (χ1) is 11.6. The number of piperidine rings is 1. The van der Waals surface area contributed by atoms with Crippen LogP contribution in [0.3, 0.4) is 0 Å². The zero-order valence-corrected chi connectivity index (χ0v) is 14.2. The Hall–Kier alpha value is -2.32. The van der Waals surface area contributed by atoms with Crippen molar-refractivity contribution in [2.24, 2.45) is 0 Å². The maximum absolute atomic E-state index is 13.0. The maximum atomic E-state index is 13.0. The van der Waals surface area contributed by atoms with E-state index >= 15 is 0 Å². The van der Waals surface area contributed by atoms with E-state index in [1.807, 2.05) is 0 Å². The molecule has 2 atom stereocenters. The summed E-state index contributed by atoms with van der Waals surface area (Å²) in [5.41, 5.74) is 0.882. The molecule has 1 saturated heterocycles.